The number of anilines is 2. The third-order valence-electron chi connectivity index (χ3n) is 6.56. The second kappa shape index (κ2) is 9.80. The third-order valence-corrected chi connectivity index (χ3v) is 6.56. The number of nitriles is 1. The number of aromatic nitrogens is 1. The zero-order valence-electron chi connectivity index (χ0n) is 20.0. The molecule has 1 amide bonds. The van der Waals surface area contributed by atoms with Crippen LogP contribution in [0.1, 0.15) is 43.4 Å². The highest BCUT2D eigenvalue weighted by molar-refractivity contribution is 5.78. The van der Waals surface area contributed by atoms with Gasteiger partial charge in [0, 0.05) is 64.0 Å². The normalized spacial score (nSPS) is 18.2. The van der Waals surface area contributed by atoms with Gasteiger partial charge in [-0.25, -0.2) is 4.98 Å². The fourth-order valence-corrected chi connectivity index (χ4v) is 4.54. The number of pyridine rings is 1. The number of hydrogen-bond donors (Lipinski definition) is 0. The van der Waals surface area contributed by atoms with Crippen molar-refractivity contribution in [2.24, 2.45) is 0 Å². The van der Waals surface area contributed by atoms with E-state index in [0.717, 1.165) is 41.2 Å². The number of piperazine rings is 1. The van der Waals surface area contributed by atoms with Crippen molar-refractivity contribution in [3.63, 3.8) is 0 Å². The first-order chi connectivity index (χ1) is 15.9. The van der Waals surface area contributed by atoms with E-state index in [9.17, 15) is 10.1 Å². The monoisotopic (exact) mass is 447 g/mol. The highest BCUT2D eigenvalue weighted by atomic mass is 16.5. The summed E-state index contributed by atoms with van der Waals surface area (Å²) in [5.74, 6) is 1.32. The molecule has 1 unspecified atom stereocenters. The minimum absolute atomic E-state index is 0.0530. The van der Waals surface area contributed by atoms with Gasteiger partial charge in [-0.1, -0.05) is 12.1 Å². The molecule has 0 N–H and O–H groups in total. The summed E-state index contributed by atoms with van der Waals surface area (Å²) in [7, 11) is 5.68. The van der Waals surface area contributed by atoms with E-state index < -0.39 is 0 Å². The van der Waals surface area contributed by atoms with E-state index >= 15 is 0 Å². The van der Waals surface area contributed by atoms with Gasteiger partial charge in [-0.3, -0.25) is 4.79 Å². The Morgan fingerprint density at radius 2 is 2.06 bits per heavy atom. The van der Waals surface area contributed by atoms with Crippen LogP contribution in [0.3, 0.4) is 0 Å². The van der Waals surface area contributed by atoms with Crippen LogP contribution in [0.5, 0.6) is 0 Å². The average molecular weight is 448 g/mol. The maximum Gasteiger partial charge on any atom is 0.225 e. The molecule has 2 heterocycles. The van der Waals surface area contributed by atoms with E-state index in [1.54, 1.807) is 7.11 Å². The number of methoxy groups -OCH3 is 1. The fraction of sp³-hybridized carbons (Fsp3) is 0.500. The summed E-state index contributed by atoms with van der Waals surface area (Å²) in [5, 5.41) is 10.0. The smallest absolute Gasteiger partial charge is 0.225 e. The van der Waals surface area contributed by atoms with Gasteiger partial charge in [-0.05, 0) is 43.5 Å². The number of ether oxygens (including phenoxy) is 1. The van der Waals surface area contributed by atoms with Gasteiger partial charge in [0.1, 0.15) is 11.9 Å². The van der Waals surface area contributed by atoms with Gasteiger partial charge in [-0.2, -0.15) is 5.26 Å². The third kappa shape index (κ3) is 4.96. The first kappa shape index (κ1) is 23.1. The molecule has 0 spiro atoms. The van der Waals surface area contributed by atoms with Crippen LogP contribution in [-0.4, -0.2) is 69.3 Å². The molecule has 1 aromatic heterocycles. The van der Waals surface area contributed by atoms with Crippen molar-refractivity contribution >= 4 is 17.4 Å². The molecule has 1 aliphatic carbocycles. The number of carbonyl (C=O) groups is 1. The van der Waals surface area contributed by atoms with Gasteiger partial charge in [0.05, 0.1) is 24.3 Å². The van der Waals surface area contributed by atoms with Crippen molar-refractivity contribution in [2.75, 3.05) is 57.2 Å². The van der Waals surface area contributed by atoms with Gasteiger partial charge < -0.3 is 19.4 Å². The lowest BCUT2D eigenvalue weighted by molar-refractivity contribution is -0.134. The van der Waals surface area contributed by atoms with Gasteiger partial charge in [0.2, 0.25) is 5.91 Å². The zero-order chi connectivity index (χ0) is 23.5. The molecule has 2 aromatic rings. The standard InChI is InChI=1S/C26H33N5O2/c1-18-17-30(11-12-31(18)24(32)10-13-33-4)26-21(16-27)15-23(25(28-26)19-8-9-19)20-6-5-7-22(14-20)29(2)3/h5-7,14-15,18-19H,8-13,17H2,1-4H3. The Balaban J connectivity index is 1.64. The van der Waals surface area contributed by atoms with Crippen LogP contribution in [0.25, 0.3) is 11.1 Å². The van der Waals surface area contributed by atoms with E-state index in [4.69, 9.17) is 9.72 Å². The molecular formula is C26H33N5O2. The molecule has 7 nitrogen and oxygen atoms in total. The van der Waals surface area contributed by atoms with Crippen LogP contribution in [0.2, 0.25) is 0 Å². The number of amides is 1. The van der Waals surface area contributed by atoms with E-state index in [2.05, 4.69) is 47.1 Å². The highest BCUT2D eigenvalue weighted by Gasteiger charge is 2.33. The second-order valence-electron chi connectivity index (χ2n) is 9.25. The summed E-state index contributed by atoms with van der Waals surface area (Å²) in [6, 6.07) is 12.9. The molecular weight excluding hydrogens is 414 g/mol. The Labute approximate surface area is 196 Å². The molecule has 4 rings (SSSR count). The molecule has 1 atom stereocenters. The van der Waals surface area contributed by atoms with Gasteiger partial charge in [-0.15, -0.1) is 0 Å². The van der Waals surface area contributed by atoms with Crippen molar-refractivity contribution in [1.82, 2.24) is 9.88 Å². The minimum atomic E-state index is 0.0530. The predicted molar refractivity (Wildman–Crippen MR) is 131 cm³/mol. The second-order valence-corrected chi connectivity index (χ2v) is 9.25. The summed E-state index contributed by atoms with van der Waals surface area (Å²) in [6.45, 7) is 4.46. The summed E-state index contributed by atoms with van der Waals surface area (Å²) in [5.41, 5.74) is 4.96. The molecule has 2 aliphatic rings. The van der Waals surface area contributed by atoms with Crippen molar-refractivity contribution < 1.29 is 9.53 Å². The fourth-order valence-electron chi connectivity index (χ4n) is 4.54. The highest BCUT2D eigenvalue weighted by Crippen LogP contribution is 2.45. The molecule has 2 fully saturated rings. The summed E-state index contributed by atoms with van der Waals surface area (Å²) < 4.78 is 5.06. The van der Waals surface area contributed by atoms with Crippen LogP contribution in [0.4, 0.5) is 11.5 Å². The largest absolute Gasteiger partial charge is 0.384 e. The summed E-state index contributed by atoms with van der Waals surface area (Å²) in [4.78, 5) is 23.8. The predicted octanol–water partition coefficient (Wildman–Crippen LogP) is 3.64. The lowest BCUT2D eigenvalue weighted by Crippen LogP contribution is -2.54. The van der Waals surface area contributed by atoms with Crippen molar-refractivity contribution in [3.05, 3.63) is 41.6 Å². The van der Waals surface area contributed by atoms with Gasteiger partial charge >= 0.3 is 0 Å². The Morgan fingerprint density at radius 1 is 1.27 bits per heavy atom. The molecule has 1 aromatic carbocycles. The zero-order valence-corrected chi connectivity index (χ0v) is 20.0. The van der Waals surface area contributed by atoms with Gasteiger partial charge in [0.25, 0.3) is 0 Å². The van der Waals surface area contributed by atoms with Crippen LogP contribution < -0.4 is 9.80 Å². The van der Waals surface area contributed by atoms with Crippen LogP contribution in [-0.2, 0) is 9.53 Å². The quantitative estimate of drug-likeness (QED) is 0.645. The SMILES string of the molecule is COCCC(=O)N1CCN(c2nc(C3CC3)c(-c3cccc(N(C)C)c3)cc2C#N)CC1C. The van der Waals surface area contributed by atoms with Crippen molar-refractivity contribution in [3.8, 4) is 17.2 Å². The van der Waals surface area contributed by atoms with E-state index in [1.165, 1.54) is 0 Å². The number of rotatable bonds is 7. The van der Waals surface area contributed by atoms with Crippen LogP contribution in [0.15, 0.2) is 30.3 Å². The van der Waals surface area contributed by atoms with E-state index in [-0.39, 0.29) is 11.9 Å². The molecule has 174 valence electrons. The maximum absolute atomic E-state index is 12.5. The Bertz CT molecular complexity index is 1060. The lowest BCUT2D eigenvalue weighted by Gasteiger charge is -2.41. The molecule has 7 heteroatoms. The number of carbonyl (C=O) groups excluding carboxylic acids is 1. The van der Waals surface area contributed by atoms with Crippen molar-refractivity contribution in [1.29, 1.82) is 5.26 Å². The summed E-state index contributed by atoms with van der Waals surface area (Å²) in [6.07, 6.45) is 2.67. The lowest BCUT2D eigenvalue weighted by atomic mass is 9.98. The molecule has 33 heavy (non-hydrogen) atoms. The Kier molecular flexibility index (Phi) is 6.85. The Hall–Kier alpha value is -3.11. The Morgan fingerprint density at radius 3 is 2.70 bits per heavy atom. The van der Waals surface area contributed by atoms with Crippen LogP contribution >= 0.6 is 0 Å². The number of benzene rings is 1. The molecule has 1 aliphatic heterocycles. The minimum Gasteiger partial charge on any atom is -0.384 e. The maximum atomic E-state index is 12.5. The number of hydrogen-bond acceptors (Lipinski definition) is 6. The van der Waals surface area contributed by atoms with E-state index in [0.29, 0.717) is 44.1 Å². The molecule has 0 bridgehead atoms. The topological polar surface area (TPSA) is 72.7 Å². The number of nitrogens with zero attached hydrogens (tertiary/aromatic N) is 5. The first-order valence-electron chi connectivity index (χ1n) is 11.7. The van der Waals surface area contributed by atoms with Gasteiger partial charge in [0.15, 0.2) is 0 Å². The molecule has 1 saturated heterocycles. The first-order valence-corrected chi connectivity index (χ1v) is 11.7. The molecule has 1 saturated carbocycles. The van der Waals surface area contributed by atoms with E-state index in [1.807, 2.05) is 25.1 Å². The summed E-state index contributed by atoms with van der Waals surface area (Å²) >= 11 is 0. The molecule has 0 radical (unpaired) electrons. The van der Waals surface area contributed by atoms with Crippen molar-refractivity contribution in [2.45, 2.75) is 38.1 Å². The average Bonchev–Trinajstić information content (AvgIpc) is 3.67. The van der Waals surface area contributed by atoms with Crippen LogP contribution in [0, 0.1) is 11.3 Å².